The smallest absolute Gasteiger partial charge is 0.238 e. The third-order valence-electron chi connectivity index (χ3n) is 2.46. The summed E-state index contributed by atoms with van der Waals surface area (Å²) >= 11 is 0. The van der Waals surface area contributed by atoms with E-state index in [1.54, 1.807) is 12.3 Å². The van der Waals surface area contributed by atoms with Gasteiger partial charge in [-0.05, 0) is 30.7 Å². The zero-order chi connectivity index (χ0) is 13.3. The van der Waals surface area contributed by atoms with Crippen LogP contribution in [-0.2, 0) is 10.0 Å². The Morgan fingerprint density at radius 2 is 1.94 bits per heavy atom. The first-order valence-electron chi connectivity index (χ1n) is 5.12. The van der Waals surface area contributed by atoms with E-state index in [9.17, 15) is 12.8 Å². The Morgan fingerprint density at radius 1 is 1.22 bits per heavy atom. The van der Waals surface area contributed by atoms with Gasteiger partial charge in [-0.1, -0.05) is 6.07 Å². The van der Waals surface area contributed by atoms with Crippen molar-refractivity contribution in [2.24, 2.45) is 5.14 Å². The molecule has 1 heterocycles. The van der Waals surface area contributed by atoms with Gasteiger partial charge in [0.15, 0.2) is 0 Å². The topological polar surface area (TPSA) is 73.0 Å². The zero-order valence-electron chi connectivity index (χ0n) is 9.59. The molecule has 1 aromatic carbocycles. The molecular formula is C12H11FN2O2S. The standard InChI is InChI=1S/C12H11FN2O2S/c1-8-4-9(7-15-6-8)11-3-2-10(5-12(11)13)18(14,16)17/h2-7H,1H3,(H2,14,16,17). The zero-order valence-corrected chi connectivity index (χ0v) is 10.4. The molecule has 0 unspecified atom stereocenters. The fourth-order valence-corrected chi connectivity index (χ4v) is 2.13. The van der Waals surface area contributed by atoms with E-state index in [2.05, 4.69) is 4.98 Å². The van der Waals surface area contributed by atoms with E-state index in [4.69, 9.17) is 5.14 Å². The van der Waals surface area contributed by atoms with Crippen LogP contribution in [0.2, 0.25) is 0 Å². The van der Waals surface area contributed by atoms with Crippen molar-refractivity contribution in [2.45, 2.75) is 11.8 Å². The molecule has 0 amide bonds. The molecule has 0 spiro atoms. The van der Waals surface area contributed by atoms with Gasteiger partial charge in [0.2, 0.25) is 10.0 Å². The summed E-state index contributed by atoms with van der Waals surface area (Å²) in [5.74, 6) is -0.645. The van der Waals surface area contributed by atoms with Gasteiger partial charge in [-0.15, -0.1) is 0 Å². The van der Waals surface area contributed by atoms with Crippen LogP contribution in [0.3, 0.4) is 0 Å². The first-order chi connectivity index (χ1) is 8.38. The molecule has 0 bridgehead atoms. The minimum Gasteiger partial charge on any atom is -0.264 e. The van der Waals surface area contributed by atoms with Gasteiger partial charge in [-0.2, -0.15) is 0 Å². The van der Waals surface area contributed by atoms with Crippen molar-refractivity contribution in [2.75, 3.05) is 0 Å². The van der Waals surface area contributed by atoms with Crippen molar-refractivity contribution in [3.05, 3.63) is 48.0 Å². The number of benzene rings is 1. The number of rotatable bonds is 2. The molecule has 18 heavy (non-hydrogen) atoms. The number of nitrogens with zero attached hydrogens (tertiary/aromatic N) is 1. The van der Waals surface area contributed by atoms with Crippen molar-refractivity contribution in [3.63, 3.8) is 0 Å². The highest BCUT2D eigenvalue weighted by atomic mass is 32.2. The van der Waals surface area contributed by atoms with Gasteiger partial charge >= 0.3 is 0 Å². The van der Waals surface area contributed by atoms with Crippen LogP contribution in [0.1, 0.15) is 5.56 Å². The second kappa shape index (κ2) is 4.47. The van der Waals surface area contributed by atoms with E-state index < -0.39 is 15.8 Å². The van der Waals surface area contributed by atoms with Gasteiger partial charge in [0.05, 0.1) is 4.90 Å². The minimum absolute atomic E-state index is 0.246. The summed E-state index contributed by atoms with van der Waals surface area (Å²) in [6, 6.07) is 5.33. The number of nitrogens with two attached hydrogens (primary N) is 1. The van der Waals surface area contributed by atoms with Gasteiger partial charge in [0.1, 0.15) is 5.82 Å². The van der Waals surface area contributed by atoms with Crippen LogP contribution in [0, 0.1) is 12.7 Å². The molecule has 2 N–H and O–H groups in total. The van der Waals surface area contributed by atoms with Crippen molar-refractivity contribution >= 4 is 10.0 Å². The molecule has 94 valence electrons. The van der Waals surface area contributed by atoms with Crippen LogP contribution in [0.4, 0.5) is 4.39 Å². The van der Waals surface area contributed by atoms with Crippen LogP contribution in [0.5, 0.6) is 0 Å². The highest BCUT2D eigenvalue weighted by molar-refractivity contribution is 7.89. The molecule has 0 saturated carbocycles. The number of sulfonamides is 1. The number of aryl methyl sites for hydroxylation is 1. The average Bonchev–Trinajstić information content (AvgIpc) is 2.27. The highest BCUT2D eigenvalue weighted by Crippen LogP contribution is 2.24. The molecule has 0 fully saturated rings. The number of halogens is 1. The largest absolute Gasteiger partial charge is 0.264 e. The van der Waals surface area contributed by atoms with Crippen LogP contribution in [0.25, 0.3) is 11.1 Å². The lowest BCUT2D eigenvalue weighted by Crippen LogP contribution is -2.12. The van der Waals surface area contributed by atoms with Crippen molar-refractivity contribution in [3.8, 4) is 11.1 Å². The SMILES string of the molecule is Cc1cncc(-c2ccc(S(N)(=O)=O)cc2F)c1. The lowest BCUT2D eigenvalue weighted by atomic mass is 10.1. The summed E-state index contributed by atoms with van der Waals surface area (Å²) in [5, 5.41) is 4.93. The third-order valence-corrected chi connectivity index (χ3v) is 3.37. The van der Waals surface area contributed by atoms with Crippen LogP contribution in [-0.4, -0.2) is 13.4 Å². The Balaban J connectivity index is 2.55. The van der Waals surface area contributed by atoms with Gasteiger partial charge in [0.25, 0.3) is 0 Å². The summed E-state index contributed by atoms with van der Waals surface area (Å²) in [7, 11) is -3.89. The number of hydrogen-bond donors (Lipinski definition) is 1. The summed E-state index contributed by atoms with van der Waals surface area (Å²) in [5.41, 5.74) is 1.77. The number of hydrogen-bond acceptors (Lipinski definition) is 3. The van der Waals surface area contributed by atoms with E-state index in [1.165, 1.54) is 18.3 Å². The molecule has 0 aliphatic heterocycles. The molecule has 4 nitrogen and oxygen atoms in total. The molecule has 6 heteroatoms. The maximum atomic E-state index is 13.9. The summed E-state index contributed by atoms with van der Waals surface area (Å²) in [6.07, 6.45) is 3.17. The Hall–Kier alpha value is -1.79. The van der Waals surface area contributed by atoms with E-state index in [1.807, 2.05) is 6.92 Å². The Labute approximate surface area is 104 Å². The van der Waals surface area contributed by atoms with Crippen LogP contribution >= 0.6 is 0 Å². The molecule has 1 aromatic heterocycles. The van der Waals surface area contributed by atoms with Crippen LogP contribution in [0.15, 0.2) is 41.6 Å². The minimum atomic E-state index is -3.89. The summed E-state index contributed by atoms with van der Waals surface area (Å²) < 4.78 is 36.0. The molecule has 0 aliphatic rings. The Bertz CT molecular complexity index is 699. The van der Waals surface area contributed by atoms with Gasteiger partial charge in [-0.3, -0.25) is 4.98 Å². The van der Waals surface area contributed by atoms with Gasteiger partial charge in [0, 0.05) is 23.5 Å². The fraction of sp³-hybridized carbons (Fsp3) is 0.0833. The quantitative estimate of drug-likeness (QED) is 0.901. The first kappa shape index (κ1) is 12.7. The lowest BCUT2D eigenvalue weighted by Gasteiger charge is -2.05. The predicted molar refractivity (Wildman–Crippen MR) is 65.7 cm³/mol. The first-order valence-corrected chi connectivity index (χ1v) is 6.67. The van der Waals surface area contributed by atoms with E-state index in [-0.39, 0.29) is 4.90 Å². The monoisotopic (exact) mass is 266 g/mol. The molecule has 0 atom stereocenters. The highest BCUT2D eigenvalue weighted by Gasteiger charge is 2.12. The van der Waals surface area contributed by atoms with Crippen LogP contribution < -0.4 is 5.14 Å². The maximum Gasteiger partial charge on any atom is 0.238 e. The van der Waals surface area contributed by atoms with Crippen molar-refractivity contribution in [1.82, 2.24) is 4.98 Å². The van der Waals surface area contributed by atoms with Crippen molar-refractivity contribution in [1.29, 1.82) is 0 Å². The molecule has 2 aromatic rings. The summed E-state index contributed by atoms with van der Waals surface area (Å²) in [4.78, 5) is 3.72. The number of primary sulfonamides is 1. The molecule has 2 rings (SSSR count). The maximum absolute atomic E-state index is 13.9. The predicted octanol–water partition coefficient (Wildman–Crippen LogP) is 1.84. The molecule has 0 aliphatic carbocycles. The van der Waals surface area contributed by atoms with E-state index in [0.717, 1.165) is 11.6 Å². The number of aromatic nitrogens is 1. The lowest BCUT2D eigenvalue weighted by molar-refractivity contribution is 0.593. The Morgan fingerprint density at radius 3 is 2.50 bits per heavy atom. The number of pyridine rings is 1. The van der Waals surface area contributed by atoms with Gasteiger partial charge < -0.3 is 0 Å². The molecule has 0 radical (unpaired) electrons. The third kappa shape index (κ3) is 2.55. The molecule has 0 saturated heterocycles. The average molecular weight is 266 g/mol. The second-order valence-electron chi connectivity index (χ2n) is 3.94. The fourth-order valence-electron chi connectivity index (χ4n) is 1.61. The van der Waals surface area contributed by atoms with E-state index >= 15 is 0 Å². The second-order valence-corrected chi connectivity index (χ2v) is 5.50. The Kier molecular flexibility index (Phi) is 3.14. The normalized spacial score (nSPS) is 11.5. The molecular weight excluding hydrogens is 255 g/mol. The van der Waals surface area contributed by atoms with Gasteiger partial charge in [-0.25, -0.2) is 17.9 Å². The summed E-state index contributed by atoms with van der Waals surface area (Å²) in [6.45, 7) is 1.84. The van der Waals surface area contributed by atoms with Crippen molar-refractivity contribution < 1.29 is 12.8 Å². The van der Waals surface area contributed by atoms with E-state index in [0.29, 0.717) is 11.1 Å².